The summed E-state index contributed by atoms with van der Waals surface area (Å²) in [5.41, 5.74) is 1.20. The number of nitrogens with zero attached hydrogens (tertiary/aromatic N) is 3. The highest BCUT2D eigenvalue weighted by Gasteiger charge is 2.10. The zero-order chi connectivity index (χ0) is 15.8. The van der Waals surface area contributed by atoms with Gasteiger partial charge in [0, 0.05) is 11.6 Å². The van der Waals surface area contributed by atoms with Crippen LogP contribution in [0.1, 0.15) is 11.4 Å². The Morgan fingerprint density at radius 3 is 2.26 bits per heavy atom. The number of aryl methyl sites for hydroxylation is 2. The maximum absolute atomic E-state index is 5.91. The fraction of sp³-hybridized carbons (Fsp3) is 0.105. The van der Waals surface area contributed by atoms with Crippen molar-refractivity contribution in [3.05, 3.63) is 66.4 Å². The van der Waals surface area contributed by atoms with Crippen molar-refractivity contribution in [2.24, 2.45) is 0 Å². The molecule has 112 valence electrons. The van der Waals surface area contributed by atoms with Crippen LogP contribution in [0.3, 0.4) is 0 Å². The predicted octanol–water partition coefficient (Wildman–Crippen LogP) is 4.59. The highest BCUT2D eigenvalue weighted by Crippen LogP contribution is 2.34. The minimum Gasteiger partial charge on any atom is -0.435 e. The van der Waals surface area contributed by atoms with E-state index in [1.807, 2.05) is 13.0 Å². The molecule has 0 saturated heterocycles. The summed E-state index contributed by atoms with van der Waals surface area (Å²) in [7, 11) is 0. The van der Waals surface area contributed by atoms with Crippen molar-refractivity contribution in [1.29, 1.82) is 0 Å². The van der Waals surface area contributed by atoms with E-state index in [-0.39, 0.29) is 0 Å². The Kier molecular flexibility index (Phi) is 3.15. The van der Waals surface area contributed by atoms with Gasteiger partial charge < -0.3 is 4.74 Å². The van der Waals surface area contributed by atoms with E-state index in [1.165, 1.54) is 16.3 Å². The van der Waals surface area contributed by atoms with Crippen molar-refractivity contribution < 1.29 is 4.74 Å². The standard InChI is InChI=1S/C19H15N3O/c1-12-9-18-17(16-6-4-3-5-15(12)16)7-8-20-19(18)23-14-10-21-13(2)22-11-14/h3-11H,1-2H3. The molecule has 2 aromatic heterocycles. The van der Waals surface area contributed by atoms with E-state index in [0.717, 1.165) is 10.8 Å². The number of aromatic nitrogens is 3. The van der Waals surface area contributed by atoms with Crippen LogP contribution < -0.4 is 4.74 Å². The van der Waals surface area contributed by atoms with Crippen LogP contribution in [0.5, 0.6) is 11.6 Å². The van der Waals surface area contributed by atoms with Gasteiger partial charge in [0.2, 0.25) is 5.88 Å². The summed E-state index contributed by atoms with van der Waals surface area (Å²) in [5, 5.41) is 4.57. The van der Waals surface area contributed by atoms with Crippen molar-refractivity contribution in [2.75, 3.05) is 0 Å². The quantitative estimate of drug-likeness (QED) is 0.508. The fourth-order valence-corrected chi connectivity index (χ4v) is 2.81. The minimum atomic E-state index is 0.573. The second kappa shape index (κ2) is 5.32. The van der Waals surface area contributed by atoms with Crippen LogP contribution in [-0.4, -0.2) is 15.0 Å². The smallest absolute Gasteiger partial charge is 0.227 e. The number of hydrogen-bond donors (Lipinski definition) is 0. The van der Waals surface area contributed by atoms with Crippen molar-refractivity contribution >= 4 is 21.5 Å². The highest BCUT2D eigenvalue weighted by molar-refractivity contribution is 6.10. The van der Waals surface area contributed by atoms with Crippen molar-refractivity contribution in [3.63, 3.8) is 0 Å². The van der Waals surface area contributed by atoms with E-state index < -0.39 is 0 Å². The molecule has 0 aliphatic carbocycles. The van der Waals surface area contributed by atoms with Crippen LogP contribution in [0, 0.1) is 13.8 Å². The molecule has 0 N–H and O–H groups in total. The van der Waals surface area contributed by atoms with Crippen LogP contribution in [-0.2, 0) is 0 Å². The molecule has 0 fully saturated rings. The molecule has 23 heavy (non-hydrogen) atoms. The second-order valence-corrected chi connectivity index (χ2v) is 5.52. The monoisotopic (exact) mass is 301 g/mol. The molecule has 0 saturated carbocycles. The molecule has 0 radical (unpaired) electrons. The Hall–Kier alpha value is -3.01. The summed E-state index contributed by atoms with van der Waals surface area (Å²) >= 11 is 0. The van der Waals surface area contributed by atoms with E-state index in [1.54, 1.807) is 18.6 Å². The Bertz CT molecular complexity index is 1010. The molecule has 0 unspecified atom stereocenters. The van der Waals surface area contributed by atoms with Gasteiger partial charge in [-0.3, -0.25) is 0 Å². The van der Waals surface area contributed by atoms with Crippen LogP contribution >= 0.6 is 0 Å². The molecule has 4 aromatic rings. The lowest BCUT2D eigenvalue weighted by molar-refractivity contribution is 0.464. The summed E-state index contributed by atoms with van der Waals surface area (Å²) in [6, 6.07) is 12.5. The minimum absolute atomic E-state index is 0.573. The Morgan fingerprint density at radius 2 is 1.48 bits per heavy atom. The molecule has 0 spiro atoms. The zero-order valence-corrected chi connectivity index (χ0v) is 12.9. The van der Waals surface area contributed by atoms with Crippen molar-refractivity contribution in [1.82, 2.24) is 15.0 Å². The third-order valence-corrected chi connectivity index (χ3v) is 3.93. The predicted molar refractivity (Wildman–Crippen MR) is 90.8 cm³/mol. The van der Waals surface area contributed by atoms with E-state index in [2.05, 4.69) is 52.2 Å². The fourth-order valence-electron chi connectivity index (χ4n) is 2.81. The molecule has 4 rings (SSSR count). The topological polar surface area (TPSA) is 47.9 Å². The molecule has 0 bridgehead atoms. The lowest BCUT2D eigenvalue weighted by Crippen LogP contribution is -1.93. The largest absolute Gasteiger partial charge is 0.435 e. The normalized spacial score (nSPS) is 11.0. The number of rotatable bonds is 2. The van der Waals surface area contributed by atoms with Crippen molar-refractivity contribution in [3.8, 4) is 11.6 Å². The average Bonchev–Trinajstić information content (AvgIpc) is 2.58. The Morgan fingerprint density at radius 1 is 0.783 bits per heavy atom. The molecule has 4 heteroatoms. The second-order valence-electron chi connectivity index (χ2n) is 5.52. The van der Waals surface area contributed by atoms with E-state index >= 15 is 0 Å². The number of pyridine rings is 1. The first-order chi connectivity index (χ1) is 11.2. The molecular formula is C19H15N3O. The van der Waals surface area contributed by atoms with Gasteiger partial charge in [-0.15, -0.1) is 0 Å². The summed E-state index contributed by atoms with van der Waals surface area (Å²) in [6.07, 6.45) is 5.10. The summed E-state index contributed by atoms with van der Waals surface area (Å²) in [5.74, 6) is 1.87. The van der Waals surface area contributed by atoms with Crippen LogP contribution in [0.4, 0.5) is 0 Å². The number of hydrogen-bond acceptors (Lipinski definition) is 4. The highest BCUT2D eigenvalue weighted by atomic mass is 16.5. The number of benzene rings is 2. The average molecular weight is 301 g/mol. The van der Waals surface area contributed by atoms with Gasteiger partial charge in [0.1, 0.15) is 5.82 Å². The van der Waals surface area contributed by atoms with E-state index in [9.17, 15) is 0 Å². The molecule has 2 heterocycles. The first-order valence-corrected chi connectivity index (χ1v) is 7.46. The molecule has 0 aliphatic heterocycles. The molecular weight excluding hydrogens is 286 g/mol. The van der Waals surface area contributed by atoms with Crippen LogP contribution in [0.25, 0.3) is 21.5 Å². The third kappa shape index (κ3) is 2.38. The van der Waals surface area contributed by atoms with Crippen molar-refractivity contribution in [2.45, 2.75) is 13.8 Å². The first kappa shape index (κ1) is 13.6. The molecule has 0 atom stereocenters. The number of ether oxygens (including phenoxy) is 1. The maximum atomic E-state index is 5.91. The van der Waals surface area contributed by atoms with Gasteiger partial charge in [-0.2, -0.15) is 0 Å². The van der Waals surface area contributed by atoms with E-state index in [0.29, 0.717) is 17.5 Å². The van der Waals surface area contributed by atoms with Crippen LogP contribution in [0.15, 0.2) is 55.0 Å². The zero-order valence-electron chi connectivity index (χ0n) is 12.9. The van der Waals surface area contributed by atoms with Gasteiger partial charge in [-0.25, -0.2) is 15.0 Å². The Balaban J connectivity index is 1.92. The molecule has 4 nitrogen and oxygen atoms in total. The summed E-state index contributed by atoms with van der Waals surface area (Å²) in [4.78, 5) is 12.7. The van der Waals surface area contributed by atoms with Gasteiger partial charge in [-0.1, -0.05) is 24.3 Å². The SMILES string of the molecule is Cc1ncc(Oc2nccc3c2cc(C)c2ccccc23)cn1. The maximum Gasteiger partial charge on any atom is 0.227 e. The van der Waals surface area contributed by atoms with Gasteiger partial charge in [0.05, 0.1) is 12.4 Å². The molecule has 2 aromatic carbocycles. The van der Waals surface area contributed by atoms with Gasteiger partial charge in [0.15, 0.2) is 5.75 Å². The van der Waals surface area contributed by atoms with Gasteiger partial charge in [-0.05, 0) is 47.7 Å². The Labute approximate surface area is 133 Å². The van der Waals surface area contributed by atoms with E-state index in [4.69, 9.17) is 4.74 Å². The summed E-state index contributed by atoms with van der Waals surface area (Å²) in [6.45, 7) is 3.95. The van der Waals surface area contributed by atoms with Crippen LogP contribution in [0.2, 0.25) is 0 Å². The number of fused-ring (bicyclic) bond motifs is 3. The lowest BCUT2D eigenvalue weighted by atomic mass is 9.99. The third-order valence-electron chi connectivity index (χ3n) is 3.93. The van der Waals surface area contributed by atoms with Gasteiger partial charge in [0.25, 0.3) is 0 Å². The first-order valence-electron chi connectivity index (χ1n) is 7.46. The molecule has 0 amide bonds. The van der Waals surface area contributed by atoms with Gasteiger partial charge >= 0.3 is 0 Å². The molecule has 0 aliphatic rings. The lowest BCUT2D eigenvalue weighted by Gasteiger charge is -2.11. The summed E-state index contributed by atoms with van der Waals surface area (Å²) < 4.78 is 5.91.